The highest BCUT2D eigenvalue weighted by molar-refractivity contribution is 7.47. The molecule has 0 aromatic rings. The normalized spacial score (nSPS) is 13.0. The molecule has 0 saturated carbocycles. The molecule has 0 aliphatic heterocycles. The lowest BCUT2D eigenvalue weighted by molar-refractivity contribution is -0.870. The Balaban J connectivity index is 3.87. The Hall–Kier alpha value is -0.990. The Bertz CT molecular complexity index is 1410. The number of carbonyl (C=O) groups is 2. The first-order valence-corrected chi connectivity index (χ1v) is 40.3. The van der Waals surface area contributed by atoms with Crippen molar-refractivity contribution in [1.29, 1.82) is 0 Å². The summed E-state index contributed by atoms with van der Waals surface area (Å²) in [6.07, 6.45) is 84.0. The number of carbonyl (C=O) groups excluding carboxylic acids is 2. The van der Waals surface area contributed by atoms with Crippen LogP contribution in [0.3, 0.4) is 0 Å². The summed E-state index contributed by atoms with van der Waals surface area (Å²) in [6.45, 7) is 4.54. The van der Waals surface area contributed by atoms with Crippen molar-refractivity contribution in [2.24, 2.45) is 0 Å². The third-order valence-electron chi connectivity index (χ3n) is 18.1. The van der Waals surface area contributed by atoms with Crippen LogP contribution in [0.2, 0.25) is 0 Å². The molecule has 0 fully saturated rings. The van der Waals surface area contributed by atoms with Gasteiger partial charge in [-0.3, -0.25) is 18.6 Å². The number of hydrogen-bond acceptors (Lipinski definition) is 7. The lowest BCUT2D eigenvalue weighted by Gasteiger charge is -2.24. The maximum Gasteiger partial charge on any atom is 0.472 e. The molecule has 0 bridgehead atoms. The molecule has 0 heterocycles. The second-order valence-electron chi connectivity index (χ2n) is 28.1. The molecule has 0 aromatic carbocycles. The smallest absolute Gasteiger partial charge is 0.462 e. The summed E-state index contributed by atoms with van der Waals surface area (Å²) in [4.78, 5) is 35.9. The fraction of sp³-hybridized carbons (Fsp3) is 0.974. The van der Waals surface area contributed by atoms with Gasteiger partial charge in [0.25, 0.3) is 0 Å². The zero-order chi connectivity index (χ0) is 62.6. The van der Waals surface area contributed by atoms with Crippen LogP contribution in [-0.2, 0) is 32.7 Å². The summed E-state index contributed by atoms with van der Waals surface area (Å²) in [5, 5.41) is 0. The zero-order valence-electron chi connectivity index (χ0n) is 58.9. The topological polar surface area (TPSA) is 108 Å². The number of phosphoric acid groups is 1. The molecule has 10 heteroatoms. The van der Waals surface area contributed by atoms with E-state index in [9.17, 15) is 19.0 Å². The van der Waals surface area contributed by atoms with E-state index in [2.05, 4.69) is 13.8 Å². The summed E-state index contributed by atoms with van der Waals surface area (Å²) in [5.74, 6) is -0.766. The SMILES string of the molecule is CCCCCCCCCCCCCCCCCCCCCCCCCCCCCCCCCCCCCCCCC(=O)OC(COC(=O)CCCCCCCCCCCCCCCCCCCCCCCCCC)COP(=O)(O)OCC[N+](C)(C)C. The number of nitrogens with zero attached hydrogens (tertiary/aromatic N) is 1. The number of phosphoric ester groups is 1. The third kappa shape index (κ3) is 72.1. The van der Waals surface area contributed by atoms with Crippen molar-refractivity contribution in [2.75, 3.05) is 47.5 Å². The van der Waals surface area contributed by atoms with E-state index in [1.54, 1.807) is 0 Å². The van der Waals surface area contributed by atoms with Crippen molar-refractivity contribution in [2.45, 2.75) is 431 Å². The van der Waals surface area contributed by atoms with E-state index < -0.39 is 26.5 Å². The van der Waals surface area contributed by atoms with Gasteiger partial charge in [0.1, 0.15) is 19.8 Å². The van der Waals surface area contributed by atoms with Crippen LogP contribution in [0.25, 0.3) is 0 Å². The van der Waals surface area contributed by atoms with Gasteiger partial charge < -0.3 is 18.9 Å². The Labute approximate surface area is 537 Å². The minimum absolute atomic E-state index is 0.0378. The Morgan fingerprint density at radius 3 is 0.744 bits per heavy atom. The fourth-order valence-electron chi connectivity index (χ4n) is 12.2. The van der Waals surface area contributed by atoms with Crippen LogP contribution in [0, 0.1) is 0 Å². The van der Waals surface area contributed by atoms with Gasteiger partial charge in [-0.15, -0.1) is 0 Å². The number of unbranched alkanes of at least 4 members (excludes halogenated alkanes) is 60. The maximum atomic E-state index is 12.9. The summed E-state index contributed by atoms with van der Waals surface area (Å²) < 4.78 is 34.8. The molecular formula is C76H153NO8P+. The highest BCUT2D eigenvalue weighted by atomic mass is 31.2. The highest BCUT2D eigenvalue weighted by Gasteiger charge is 2.27. The van der Waals surface area contributed by atoms with E-state index in [0.29, 0.717) is 17.4 Å². The predicted octanol–water partition coefficient (Wildman–Crippen LogP) is 25.3. The number of quaternary nitrogens is 1. The third-order valence-corrected chi connectivity index (χ3v) is 19.1. The van der Waals surface area contributed by atoms with Crippen LogP contribution >= 0.6 is 7.82 Å². The minimum Gasteiger partial charge on any atom is -0.462 e. The molecule has 0 aromatic heterocycles. The Kier molecular flexibility index (Phi) is 67.6. The fourth-order valence-corrected chi connectivity index (χ4v) is 12.9. The Morgan fingerprint density at radius 2 is 0.523 bits per heavy atom. The molecule has 0 aliphatic rings. The molecule has 2 unspecified atom stereocenters. The standard InChI is InChI=1S/C76H152NO8P/c1-6-8-10-12-14-16-18-20-22-24-26-28-30-32-33-34-35-36-37-38-39-40-41-42-43-44-45-47-49-51-53-55-57-59-61-63-65-67-69-76(79)85-74(73-84-86(80,81)83-71-70-77(3,4)5)72-82-75(78)68-66-64-62-60-58-56-54-52-50-48-46-31-29-27-25-23-21-19-17-15-13-11-9-7-2/h74H,6-73H2,1-5H3/p+1. The van der Waals surface area contributed by atoms with Crippen molar-refractivity contribution >= 4 is 19.8 Å². The van der Waals surface area contributed by atoms with Gasteiger partial charge in [-0.2, -0.15) is 0 Å². The second-order valence-corrected chi connectivity index (χ2v) is 29.6. The zero-order valence-corrected chi connectivity index (χ0v) is 59.8. The lowest BCUT2D eigenvalue weighted by Crippen LogP contribution is -2.37. The van der Waals surface area contributed by atoms with E-state index in [1.807, 2.05) is 21.1 Å². The Morgan fingerprint density at radius 1 is 0.314 bits per heavy atom. The summed E-state index contributed by atoms with van der Waals surface area (Å²) in [5.41, 5.74) is 0. The average Bonchev–Trinajstić information content (AvgIpc) is 3.70. The highest BCUT2D eigenvalue weighted by Crippen LogP contribution is 2.43. The molecule has 0 spiro atoms. The molecule has 0 aliphatic carbocycles. The first kappa shape index (κ1) is 85.0. The van der Waals surface area contributed by atoms with Crippen LogP contribution < -0.4 is 0 Å². The van der Waals surface area contributed by atoms with Crippen LogP contribution in [0.1, 0.15) is 425 Å². The van der Waals surface area contributed by atoms with Gasteiger partial charge in [-0.05, 0) is 12.8 Å². The van der Waals surface area contributed by atoms with Gasteiger partial charge in [0.2, 0.25) is 0 Å². The lowest BCUT2D eigenvalue weighted by atomic mass is 10.0. The minimum atomic E-state index is -4.39. The molecule has 0 amide bonds. The summed E-state index contributed by atoms with van der Waals surface area (Å²) in [7, 11) is 1.51. The van der Waals surface area contributed by atoms with E-state index in [1.165, 1.54) is 360 Å². The first-order valence-electron chi connectivity index (χ1n) is 38.8. The van der Waals surface area contributed by atoms with Gasteiger partial charge >= 0.3 is 19.8 Å². The van der Waals surface area contributed by atoms with Crippen molar-refractivity contribution in [3.63, 3.8) is 0 Å². The van der Waals surface area contributed by atoms with Gasteiger partial charge in [0, 0.05) is 12.8 Å². The summed E-state index contributed by atoms with van der Waals surface area (Å²) in [6, 6.07) is 0. The molecule has 0 rings (SSSR count). The molecule has 1 N–H and O–H groups in total. The molecule has 0 radical (unpaired) electrons. The van der Waals surface area contributed by atoms with Gasteiger partial charge in [-0.25, -0.2) is 4.57 Å². The van der Waals surface area contributed by atoms with Gasteiger partial charge in [-0.1, -0.05) is 399 Å². The number of ether oxygens (including phenoxy) is 2. The van der Waals surface area contributed by atoms with Crippen molar-refractivity contribution in [3.8, 4) is 0 Å². The van der Waals surface area contributed by atoms with E-state index >= 15 is 0 Å². The first-order chi connectivity index (χ1) is 42.0. The monoisotopic (exact) mass is 1240 g/mol. The molecule has 0 saturated heterocycles. The number of likely N-dealkylation sites (N-methyl/N-ethyl adjacent to an activating group) is 1. The second kappa shape index (κ2) is 68.4. The predicted molar refractivity (Wildman–Crippen MR) is 372 cm³/mol. The number of rotatable bonds is 74. The van der Waals surface area contributed by atoms with Crippen LogP contribution in [-0.4, -0.2) is 74.9 Å². The van der Waals surface area contributed by atoms with Crippen LogP contribution in [0.5, 0.6) is 0 Å². The molecule has 514 valence electrons. The van der Waals surface area contributed by atoms with Gasteiger partial charge in [0.15, 0.2) is 6.10 Å². The molecule has 86 heavy (non-hydrogen) atoms. The molecular weight excluding hydrogens is 1090 g/mol. The largest absolute Gasteiger partial charge is 0.472 e. The number of hydrogen-bond donors (Lipinski definition) is 1. The van der Waals surface area contributed by atoms with Crippen molar-refractivity contribution < 1.29 is 42.1 Å². The quantitative estimate of drug-likeness (QED) is 0.0278. The molecule has 2 atom stereocenters. The van der Waals surface area contributed by atoms with Crippen LogP contribution in [0.4, 0.5) is 0 Å². The van der Waals surface area contributed by atoms with Crippen molar-refractivity contribution in [1.82, 2.24) is 0 Å². The van der Waals surface area contributed by atoms with E-state index in [0.717, 1.165) is 38.5 Å². The van der Waals surface area contributed by atoms with Gasteiger partial charge in [0.05, 0.1) is 27.7 Å². The number of esters is 2. The molecule has 9 nitrogen and oxygen atoms in total. The summed E-state index contributed by atoms with van der Waals surface area (Å²) >= 11 is 0. The van der Waals surface area contributed by atoms with Crippen LogP contribution in [0.15, 0.2) is 0 Å². The van der Waals surface area contributed by atoms with E-state index in [4.69, 9.17) is 18.5 Å². The van der Waals surface area contributed by atoms with Crippen molar-refractivity contribution in [3.05, 3.63) is 0 Å². The van der Waals surface area contributed by atoms with E-state index in [-0.39, 0.29) is 25.6 Å². The average molecular weight is 1240 g/mol. The maximum absolute atomic E-state index is 12.9.